The predicted octanol–water partition coefficient (Wildman–Crippen LogP) is 5.10. The highest BCUT2D eigenvalue weighted by molar-refractivity contribution is 5.94. The van der Waals surface area contributed by atoms with Crippen molar-refractivity contribution in [2.24, 2.45) is 11.7 Å². The number of carbonyl (C=O) groups is 1. The lowest BCUT2D eigenvalue weighted by atomic mass is 9.89. The van der Waals surface area contributed by atoms with Crippen LogP contribution in [0.2, 0.25) is 0 Å². The van der Waals surface area contributed by atoms with Crippen LogP contribution < -0.4 is 27.0 Å². The van der Waals surface area contributed by atoms with Gasteiger partial charge in [0.15, 0.2) is 0 Å². The molecule has 1 aliphatic carbocycles. The van der Waals surface area contributed by atoms with E-state index in [2.05, 4.69) is 43.1 Å². The molecule has 11 heteroatoms. The molecule has 1 heterocycles. The van der Waals surface area contributed by atoms with E-state index in [1.54, 1.807) is 12.1 Å². The number of nitrogens with two attached hydrogens (primary N) is 1. The van der Waals surface area contributed by atoms with Crippen molar-refractivity contribution in [3.05, 3.63) is 29.8 Å². The Balaban J connectivity index is 1.51. The first-order chi connectivity index (χ1) is 20.7. The summed E-state index contributed by atoms with van der Waals surface area (Å²) in [6.07, 6.45) is 13.9. The number of rotatable bonds is 22. The Hall–Kier alpha value is -3.02. The number of hydrogen-bond acceptors (Lipinski definition) is 10. The van der Waals surface area contributed by atoms with Gasteiger partial charge in [0.25, 0.3) is 5.91 Å². The summed E-state index contributed by atoms with van der Waals surface area (Å²) in [6.45, 7) is 6.77. The van der Waals surface area contributed by atoms with Crippen molar-refractivity contribution in [1.82, 2.24) is 20.3 Å². The minimum Gasteiger partial charge on any atom is -0.378 e. The van der Waals surface area contributed by atoms with Gasteiger partial charge in [-0.25, -0.2) is 0 Å². The maximum atomic E-state index is 12.5. The maximum Gasteiger partial charge on any atom is 0.251 e. The van der Waals surface area contributed by atoms with Gasteiger partial charge in [0.2, 0.25) is 17.8 Å². The monoisotopic (exact) mass is 584 g/mol. The number of hydrogen-bond donors (Lipinski definition) is 5. The molecule has 1 aromatic carbocycles. The van der Waals surface area contributed by atoms with Crippen molar-refractivity contribution in [2.75, 3.05) is 68.6 Å². The predicted molar refractivity (Wildman–Crippen MR) is 170 cm³/mol. The van der Waals surface area contributed by atoms with E-state index in [4.69, 9.17) is 15.2 Å². The van der Waals surface area contributed by atoms with Crippen LogP contribution in [-0.4, -0.2) is 73.5 Å². The lowest BCUT2D eigenvalue weighted by Gasteiger charge is -2.21. The summed E-state index contributed by atoms with van der Waals surface area (Å²) in [7, 11) is 0. The van der Waals surface area contributed by atoms with Crippen LogP contribution in [0.1, 0.15) is 87.9 Å². The summed E-state index contributed by atoms with van der Waals surface area (Å²) >= 11 is 0. The zero-order valence-electron chi connectivity index (χ0n) is 25.5. The molecule has 2 aromatic rings. The molecule has 0 radical (unpaired) electrons. The van der Waals surface area contributed by atoms with E-state index in [9.17, 15) is 4.79 Å². The standard InChI is InChI=1S/C31H52N8O3/c1-2-3-4-5-6-10-18-34-29-37-30(35-24-25-11-8-7-9-12-25)39-31(38-29)36-27-15-13-26(14-16-27)28(40)33-19-21-42-23-22-41-20-17-32/h13-16,25H,2-12,17-24,32H2,1H3,(H,33,40)(H3,34,35,36,37,38,39). The van der Waals surface area contributed by atoms with Gasteiger partial charge in [-0.2, -0.15) is 15.0 Å². The third-order valence-electron chi connectivity index (χ3n) is 7.29. The highest BCUT2D eigenvalue weighted by Gasteiger charge is 2.15. The summed E-state index contributed by atoms with van der Waals surface area (Å²) in [5.74, 6) is 2.11. The van der Waals surface area contributed by atoms with Crippen LogP contribution >= 0.6 is 0 Å². The highest BCUT2D eigenvalue weighted by atomic mass is 16.5. The van der Waals surface area contributed by atoms with E-state index in [0.29, 0.717) is 68.8 Å². The number of carbonyl (C=O) groups excluding carboxylic acids is 1. The van der Waals surface area contributed by atoms with Crippen molar-refractivity contribution in [3.63, 3.8) is 0 Å². The Morgan fingerprint density at radius 2 is 1.48 bits per heavy atom. The summed E-state index contributed by atoms with van der Waals surface area (Å²) in [5, 5.41) is 13.0. The molecule has 1 amide bonds. The molecule has 0 unspecified atom stereocenters. The Bertz CT molecular complexity index is 1000. The van der Waals surface area contributed by atoms with Crippen LogP contribution in [-0.2, 0) is 9.47 Å². The molecule has 234 valence electrons. The molecule has 11 nitrogen and oxygen atoms in total. The smallest absolute Gasteiger partial charge is 0.251 e. The molecule has 1 aliphatic rings. The zero-order chi connectivity index (χ0) is 29.7. The molecule has 3 rings (SSSR count). The normalized spacial score (nSPS) is 13.6. The number of nitrogens with one attached hydrogen (secondary N) is 4. The second-order valence-corrected chi connectivity index (χ2v) is 10.9. The summed E-state index contributed by atoms with van der Waals surface area (Å²) in [4.78, 5) is 26.4. The van der Waals surface area contributed by atoms with Gasteiger partial charge in [0.05, 0.1) is 26.4 Å². The maximum absolute atomic E-state index is 12.5. The van der Waals surface area contributed by atoms with E-state index < -0.39 is 0 Å². The third kappa shape index (κ3) is 13.8. The summed E-state index contributed by atoms with van der Waals surface area (Å²) < 4.78 is 10.7. The van der Waals surface area contributed by atoms with Gasteiger partial charge in [-0.05, 0) is 49.4 Å². The van der Waals surface area contributed by atoms with Gasteiger partial charge in [-0.15, -0.1) is 0 Å². The molecule has 0 bridgehead atoms. The van der Waals surface area contributed by atoms with Gasteiger partial charge in [0, 0.05) is 37.4 Å². The van der Waals surface area contributed by atoms with Crippen molar-refractivity contribution < 1.29 is 14.3 Å². The number of unbranched alkanes of at least 4 members (excludes halogenated alkanes) is 5. The molecule has 1 fully saturated rings. The van der Waals surface area contributed by atoms with Gasteiger partial charge in [0.1, 0.15) is 0 Å². The van der Waals surface area contributed by atoms with Crippen molar-refractivity contribution >= 4 is 29.4 Å². The highest BCUT2D eigenvalue weighted by Crippen LogP contribution is 2.24. The lowest BCUT2D eigenvalue weighted by molar-refractivity contribution is 0.0511. The Morgan fingerprint density at radius 1 is 0.810 bits per heavy atom. The summed E-state index contributed by atoms with van der Waals surface area (Å²) in [6, 6.07) is 7.26. The molecule has 1 saturated carbocycles. The van der Waals surface area contributed by atoms with Crippen LogP contribution in [0.3, 0.4) is 0 Å². The minimum absolute atomic E-state index is 0.153. The largest absolute Gasteiger partial charge is 0.378 e. The molecule has 0 aliphatic heterocycles. The van der Waals surface area contributed by atoms with E-state index in [-0.39, 0.29) is 5.91 Å². The number of aromatic nitrogens is 3. The fourth-order valence-electron chi connectivity index (χ4n) is 4.90. The van der Waals surface area contributed by atoms with Gasteiger partial charge in [-0.3, -0.25) is 4.79 Å². The first kappa shape index (κ1) is 33.5. The summed E-state index contributed by atoms with van der Waals surface area (Å²) in [5.41, 5.74) is 6.74. The van der Waals surface area contributed by atoms with Crippen molar-refractivity contribution in [1.29, 1.82) is 0 Å². The fourth-order valence-corrected chi connectivity index (χ4v) is 4.90. The molecule has 0 spiro atoms. The zero-order valence-corrected chi connectivity index (χ0v) is 25.5. The second-order valence-electron chi connectivity index (χ2n) is 10.9. The number of nitrogens with zero attached hydrogens (tertiary/aromatic N) is 3. The lowest BCUT2D eigenvalue weighted by Crippen LogP contribution is -2.27. The van der Waals surface area contributed by atoms with E-state index in [0.717, 1.165) is 25.2 Å². The Kier molecular flexibility index (Phi) is 16.6. The molecular weight excluding hydrogens is 532 g/mol. The quantitative estimate of drug-likeness (QED) is 0.118. The first-order valence-electron chi connectivity index (χ1n) is 15.9. The van der Waals surface area contributed by atoms with E-state index in [1.165, 1.54) is 64.2 Å². The van der Waals surface area contributed by atoms with Crippen LogP contribution in [0.15, 0.2) is 24.3 Å². The van der Waals surface area contributed by atoms with Gasteiger partial charge < -0.3 is 36.5 Å². The van der Waals surface area contributed by atoms with Crippen LogP contribution in [0, 0.1) is 5.92 Å². The minimum atomic E-state index is -0.153. The first-order valence-corrected chi connectivity index (χ1v) is 15.9. The van der Waals surface area contributed by atoms with Crippen LogP contribution in [0.25, 0.3) is 0 Å². The number of amides is 1. The average molecular weight is 585 g/mol. The van der Waals surface area contributed by atoms with Gasteiger partial charge in [-0.1, -0.05) is 58.3 Å². The van der Waals surface area contributed by atoms with E-state index >= 15 is 0 Å². The molecular formula is C31H52N8O3. The molecule has 0 saturated heterocycles. The Labute approximate surface area is 251 Å². The Morgan fingerprint density at radius 3 is 2.21 bits per heavy atom. The van der Waals surface area contributed by atoms with Crippen molar-refractivity contribution in [3.8, 4) is 0 Å². The second kappa shape index (κ2) is 20.8. The topological polar surface area (TPSA) is 148 Å². The third-order valence-corrected chi connectivity index (χ3v) is 7.29. The SMILES string of the molecule is CCCCCCCCNc1nc(NCC2CCCCC2)nc(Nc2ccc(C(=O)NCCOCCOCCN)cc2)n1. The molecule has 42 heavy (non-hydrogen) atoms. The fraction of sp³-hybridized carbons (Fsp3) is 0.677. The number of ether oxygens (including phenoxy) is 2. The molecule has 0 atom stereocenters. The van der Waals surface area contributed by atoms with Crippen molar-refractivity contribution in [2.45, 2.75) is 77.6 Å². The average Bonchev–Trinajstić information content (AvgIpc) is 3.01. The van der Waals surface area contributed by atoms with Gasteiger partial charge >= 0.3 is 0 Å². The molecule has 6 N–H and O–H groups in total. The van der Waals surface area contributed by atoms with Crippen LogP contribution in [0.4, 0.5) is 23.5 Å². The molecule has 1 aromatic heterocycles. The van der Waals surface area contributed by atoms with Crippen LogP contribution in [0.5, 0.6) is 0 Å². The number of benzene rings is 1. The van der Waals surface area contributed by atoms with E-state index in [1.807, 2.05) is 12.1 Å². The number of anilines is 4.